The number of hydrogen-bond donors (Lipinski definition) is 0. The van der Waals surface area contributed by atoms with E-state index in [1.807, 2.05) is 19.9 Å². The minimum atomic E-state index is -1.03. The molecule has 1 aromatic rings. The van der Waals surface area contributed by atoms with Crippen LogP contribution in [0.4, 0.5) is 0 Å². The highest BCUT2D eigenvalue weighted by atomic mass is 16.5. The van der Waals surface area contributed by atoms with Crippen molar-refractivity contribution in [3.05, 3.63) is 47.0 Å². The molecule has 2 saturated carbocycles. The summed E-state index contributed by atoms with van der Waals surface area (Å²) in [6, 6.07) is 4.29. The van der Waals surface area contributed by atoms with E-state index in [4.69, 9.17) is 4.74 Å². The second-order valence-corrected chi connectivity index (χ2v) is 9.21. The van der Waals surface area contributed by atoms with Gasteiger partial charge in [0.2, 0.25) is 11.8 Å². The number of benzene rings is 1. The highest BCUT2D eigenvalue weighted by Gasteiger charge is 2.67. The lowest BCUT2D eigenvalue weighted by Gasteiger charge is -2.37. The fourth-order valence-electron chi connectivity index (χ4n) is 5.72. The maximum atomic E-state index is 13.1. The van der Waals surface area contributed by atoms with Crippen LogP contribution in [0.5, 0.6) is 0 Å². The van der Waals surface area contributed by atoms with Crippen LogP contribution in [0.25, 0.3) is 0 Å². The largest absolute Gasteiger partial charge is 0.456 e. The first-order valence-corrected chi connectivity index (χ1v) is 10.6. The van der Waals surface area contributed by atoms with Crippen molar-refractivity contribution in [2.75, 3.05) is 6.61 Å². The summed E-state index contributed by atoms with van der Waals surface area (Å²) in [5.74, 6) is -1.01. The van der Waals surface area contributed by atoms with E-state index in [1.54, 1.807) is 12.1 Å². The number of carbonyl (C=O) groups is 4. The van der Waals surface area contributed by atoms with E-state index < -0.39 is 18.6 Å². The number of esters is 1. The molecule has 0 radical (unpaired) electrons. The Bertz CT molecular complexity index is 975. The number of carbonyl (C=O) groups excluding carboxylic acids is 4. The lowest BCUT2D eigenvalue weighted by Crippen LogP contribution is -2.45. The third kappa shape index (κ3) is 2.69. The highest BCUT2D eigenvalue weighted by molar-refractivity contribution is 6.09. The third-order valence-corrected chi connectivity index (χ3v) is 7.60. The normalized spacial score (nSPS) is 33.9. The van der Waals surface area contributed by atoms with Crippen molar-refractivity contribution in [2.45, 2.75) is 33.2 Å². The average molecular weight is 407 g/mol. The predicted octanol–water partition coefficient (Wildman–Crippen LogP) is 2.47. The molecule has 156 valence electrons. The van der Waals surface area contributed by atoms with Crippen molar-refractivity contribution in [3.8, 4) is 0 Å². The number of amides is 2. The van der Waals surface area contributed by atoms with Crippen LogP contribution in [-0.4, -0.2) is 41.1 Å². The van der Waals surface area contributed by atoms with Crippen LogP contribution in [0, 0.1) is 49.4 Å². The lowest BCUT2D eigenvalue weighted by molar-refractivity contribution is -0.157. The zero-order chi connectivity index (χ0) is 21.3. The van der Waals surface area contributed by atoms with Gasteiger partial charge in [0.1, 0.15) is 6.04 Å². The summed E-state index contributed by atoms with van der Waals surface area (Å²) in [4.78, 5) is 52.2. The summed E-state index contributed by atoms with van der Waals surface area (Å²) in [5.41, 5.74) is 2.53. The van der Waals surface area contributed by atoms with Crippen molar-refractivity contribution in [3.63, 3.8) is 0 Å². The third-order valence-electron chi connectivity index (χ3n) is 7.60. The number of allylic oxidation sites excluding steroid dienone is 2. The van der Waals surface area contributed by atoms with Crippen LogP contribution >= 0.6 is 0 Å². The Labute approximate surface area is 175 Å². The molecule has 2 bridgehead atoms. The van der Waals surface area contributed by atoms with Crippen molar-refractivity contribution in [1.82, 2.24) is 4.90 Å². The van der Waals surface area contributed by atoms with E-state index in [9.17, 15) is 19.2 Å². The second kappa shape index (κ2) is 6.62. The van der Waals surface area contributed by atoms with E-state index in [-0.39, 0.29) is 41.3 Å². The molecule has 0 spiro atoms. The van der Waals surface area contributed by atoms with Crippen molar-refractivity contribution >= 4 is 23.6 Å². The fourth-order valence-corrected chi connectivity index (χ4v) is 5.72. The first-order valence-electron chi connectivity index (χ1n) is 10.6. The van der Waals surface area contributed by atoms with Gasteiger partial charge in [-0.05, 0) is 68.1 Å². The SMILES string of the molecule is Cc1ccc(C(=O)COC(=O)[C@H](C)N2C(=O)[C@@H]3[C@H]4C=C[C@@H]([C@@H]5C[C@@H]45)[C@@H]3C2=O)cc1C. The van der Waals surface area contributed by atoms with E-state index in [0.717, 1.165) is 22.4 Å². The van der Waals surface area contributed by atoms with E-state index in [0.29, 0.717) is 17.4 Å². The van der Waals surface area contributed by atoms with Gasteiger partial charge in [-0.15, -0.1) is 0 Å². The summed E-state index contributed by atoms with van der Waals surface area (Å²) in [6.07, 6.45) is 5.29. The maximum absolute atomic E-state index is 13.1. The number of hydrogen-bond acceptors (Lipinski definition) is 5. The Balaban J connectivity index is 1.26. The van der Waals surface area contributed by atoms with Gasteiger partial charge >= 0.3 is 5.97 Å². The molecule has 2 amide bonds. The van der Waals surface area contributed by atoms with Crippen molar-refractivity contribution in [1.29, 1.82) is 0 Å². The van der Waals surface area contributed by atoms with Gasteiger partial charge in [-0.25, -0.2) is 4.79 Å². The summed E-state index contributed by atoms with van der Waals surface area (Å²) >= 11 is 0. The second-order valence-electron chi connectivity index (χ2n) is 9.21. The summed E-state index contributed by atoms with van der Waals surface area (Å²) in [5, 5.41) is 0. The monoisotopic (exact) mass is 407 g/mol. The Morgan fingerprint density at radius 3 is 2.20 bits per heavy atom. The molecule has 0 N–H and O–H groups in total. The van der Waals surface area contributed by atoms with Gasteiger partial charge in [-0.2, -0.15) is 0 Å². The zero-order valence-corrected chi connectivity index (χ0v) is 17.3. The van der Waals surface area contributed by atoms with Gasteiger partial charge in [0.15, 0.2) is 12.4 Å². The number of nitrogens with zero attached hydrogens (tertiary/aromatic N) is 1. The Morgan fingerprint density at radius 1 is 1.03 bits per heavy atom. The van der Waals surface area contributed by atoms with Gasteiger partial charge in [-0.3, -0.25) is 19.3 Å². The first-order chi connectivity index (χ1) is 14.3. The molecule has 1 aliphatic heterocycles. The number of ketones is 1. The minimum Gasteiger partial charge on any atom is -0.456 e. The first kappa shape index (κ1) is 19.2. The molecule has 1 saturated heterocycles. The van der Waals surface area contributed by atoms with E-state index >= 15 is 0 Å². The molecule has 0 unspecified atom stereocenters. The van der Waals surface area contributed by atoms with Crippen molar-refractivity contribution < 1.29 is 23.9 Å². The predicted molar refractivity (Wildman–Crippen MR) is 107 cm³/mol. The van der Waals surface area contributed by atoms with Gasteiger partial charge in [-0.1, -0.05) is 24.3 Å². The average Bonchev–Trinajstić information content (AvgIpc) is 3.51. The Morgan fingerprint density at radius 2 is 1.63 bits per heavy atom. The number of aryl methyl sites for hydroxylation is 2. The molecule has 0 aromatic heterocycles. The van der Waals surface area contributed by atoms with Crippen molar-refractivity contribution in [2.24, 2.45) is 35.5 Å². The molecule has 3 fully saturated rings. The van der Waals surface area contributed by atoms with Crippen LogP contribution < -0.4 is 0 Å². The molecular formula is C24H25NO5. The molecule has 1 heterocycles. The molecular weight excluding hydrogens is 382 g/mol. The number of rotatable bonds is 5. The smallest absolute Gasteiger partial charge is 0.329 e. The van der Waals surface area contributed by atoms with Crippen LogP contribution in [0.3, 0.4) is 0 Å². The topological polar surface area (TPSA) is 80.8 Å². The number of Topliss-reactive ketones (excluding diaryl/α,β-unsaturated/α-hetero) is 1. The standard InChI is InChI=1S/C24H25NO5/c1-11-4-5-14(8-12(11)2)19(26)10-30-24(29)13(3)25-22(27)20-15-6-7-16(18-9-17(15)18)21(20)23(25)28/h4-8,13,15-18,20-21H,9-10H2,1-3H3/t13-,15-,16-,17-,18-,20-,21+/m0/s1. The summed E-state index contributed by atoms with van der Waals surface area (Å²) < 4.78 is 5.20. The molecule has 6 heteroatoms. The van der Waals surface area contributed by atoms with Crippen LogP contribution in [-0.2, 0) is 19.1 Å². The highest BCUT2D eigenvalue weighted by Crippen LogP contribution is 2.65. The van der Waals surface area contributed by atoms with Crippen LogP contribution in [0.2, 0.25) is 0 Å². The van der Waals surface area contributed by atoms with Gasteiger partial charge < -0.3 is 4.74 Å². The summed E-state index contributed by atoms with van der Waals surface area (Å²) in [7, 11) is 0. The van der Waals surface area contributed by atoms with Crippen LogP contribution in [0.15, 0.2) is 30.4 Å². The quantitative estimate of drug-likeness (QED) is 0.324. The maximum Gasteiger partial charge on any atom is 0.329 e. The zero-order valence-electron chi connectivity index (χ0n) is 17.3. The van der Waals surface area contributed by atoms with Crippen LogP contribution in [0.1, 0.15) is 34.8 Å². The lowest BCUT2D eigenvalue weighted by atomic mass is 9.63. The van der Waals surface area contributed by atoms with Gasteiger partial charge in [0.05, 0.1) is 11.8 Å². The molecule has 30 heavy (non-hydrogen) atoms. The Kier molecular flexibility index (Phi) is 4.24. The number of imide groups is 1. The molecule has 5 aliphatic rings. The molecule has 7 atom stereocenters. The molecule has 4 aliphatic carbocycles. The van der Waals surface area contributed by atoms with Gasteiger partial charge in [0.25, 0.3) is 0 Å². The number of likely N-dealkylation sites (tertiary alicyclic amines) is 1. The number of ether oxygens (including phenoxy) is 1. The fraction of sp³-hybridized carbons (Fsp3) is 0.500. The summed E-state index contributed by atoms with van der Waals surface area (Å²) in [6.45, 7) is 4.96. The van der Waals surface area contributed by atoms with E-state index in [2.05, 4.69) is 12.2 Å². The molecule has 1 aromatic carbocycles. The van der Waals surface area contributed by atoms with Gasteiger partial charge in [0, 0.05) is 5.56 Å². The minimum absolute atomic E-state index is 0.112. The Hall–Kier alpha value is -2.76. The van der Waals surface area contributed by atoms with E-state index in [1.165, 1.54) is 6.92 Å². The molecule has 6 rings (SSSR count). The molecule has 6 nitrogen and oxygen atoms in total.